The maximum absolute atomic E-state index is 11.3. The first-order chi connectivity index (χ1) is 13.0. The molecular formula is C20H21ClN2O2S2. The Bertz CT molecular complexity index is 844. The summed E-state index contributed by atoms with van der Waals surface area (Å²) in [6.45, 7) is 4.30. The monoisotopic (exact) mass is 420 g/mol. The molecule has 0 bridgehead atoms. The Morgan fingerprint density at radius 2 is 2.19 bits per heavy atom. The molecule has 1 aromatic carbocycles. The highest BCUT2D eigenvalue weighted by Gasteiger charge is 2.26. The van der Waals surface area contributed by atoms with Crippen LogP contribution in [0, 0.1) is 6.92 Å². The van der Waals surface area contributed by atoms with E-state index in [-0.39, 0.29) is 5.25 Å². The molecule has 1 aromatic heterocycles. The van der Waals surface area contributed by atoms with Crippen molar-refractivity contribution in [1.29, 1.82) is 0 Å². The number of hydrogen-bond donors (Lipinski definition) is 1. The number of rotatable bonds is 6. The molecule has 3 rings (SSSR count). The van der Waals surface area contributed by atoms with Gasteiger partial charge in [0.15, 0.2) is 0 Å². The maximum atomic E-state index is 11.3. The molecule has 27 heavy (non-hydrogen) atoms. The fourth-order valence-corrected chi connectivity index (χ4v) is 5.97. The van der Waals surface area contributed by atoms with E-state index in [4.69, 9.17) is 11.6 Å². The third-order valence-corrected chi connectivity index (χ3v) is 7.67. The van der Waals surface area contributed by atoms with Crippen LogP contribution in [0.2, 0.25) is 5.02 Å². The standard InChI is InChI=1S/C20H21ClN2O2S2/c1-14-5-4-9-22-20(14)27-26-18-8-10-23(13-16(18)11-19(24)25)12-15-6-2-3-7-17(15)21/h2-7,9,11,18H,8,10,12-13H2,1H3,(H,24,25)/b16-11-. The Labute approximate surface area is 172 Å². The molecule has 0 aliphatic carbocycles. The molecule has 2 heterocycles. The molecule has 1 unspecified atom stereocenters. The van der Waals surface area contributed by atoms with Crippen molar-refractivity contribution < 1.29 is 9.90 Å². The number of halogens is 1. The van der Waals surface area contributed by atoms with E-state index >= 15 is 0 Å². The molecule has 1 saturated heterocycles. The van der Waals surface area contributed by atoms with Crippen LogP contribution in [-0.2, 0) is 11.3 Å². The highest BCUT2D eigenvalue weighted by Crippen LogP contribution is 2.40. The number of aliphatic carboxylic acids is 1. The van der Waals surface area contributed by atoms with Crippen molar-refractivity contribution in [3.8, 4) is 0 Å². The summed E-state index contributed by atoms with van der Waals surface area (Å²) in [6, 6.07) is 11.8. The summed E-state index contributed by atoms with van der Waals surface area (Å²) in [5.41, 5.74) is 3.14. The minimum atomic E-state index is -0.894. The molecule has 1 N–H and O–H groups in total. The molecule has 1 atom stereocenters. The largest absolute Gasteiger partial charge is 0.478 e. The van der Waals surface area contributed by atoms with Crippen LogP contribution in [-0.4, -0.2) is 39.3 Å². The number of aromatic nitrogens is 1. The summed E-state index contributed by atoms with van der Waals surface area (Å²) in [4.78, 5) is 18.0. The second-order valence-corrected chi connectivity index (χ2v) is 9.24. The van der Waals surface area contributed by atoms with Crippen LogP contribution in [0.15, 0.2) is 59.3 Å². The Kier molecular flexibility index (Phi) is 7.24. The average Bonchev–Trinajstić information content (AvgIpc) is 2.64. The summed E-state index contributed by atoms with van der Waals surface area (Å²) in [7, 11) is 3.32. The van der Waals surface area contributed by atoms with E-state index in [0.29, 0.717) is 6.54 Å². The molecule has 2 aromatic rings. The summed E-state index contributed by atoms with van der Waals surface area (Å²) in [6.07, 6.45) is 4.05. The van der Waals surface area contributed by atoms with Gasteiger partial charge in [-0.25, -0.2) is 9.78 Å². The number of likely N-dealkylation sites (tertiary alicyclic amines) is 1. The fourth-order valence-electron chi connectivity index (χ4n) is 3.00. The minimum Gasteiger partial charge on any atom is -0.478 e. The molecule has 4 nitrogen and oxygen atoms in total. The number of nitrogens with zero attached hydrogens (tertiary/aromatic N) is 2. The average molecular weight is 421 g/mol. The van der Waals surface area contributed by atoms with E-state index in [2.05, 4.69) is 9.88 Å². The molecular weight excluding hydrogens is 400 g/mol. The van der Waals surface area contributed by atoms with Gasteiger partial charge in [-0.15, -0.1) is 0 Å². The van der Waals surface area contributed by atoms with Gasteiger partial charge in [0, 0.05) is 42.2 Å². The molecule has 1 aliphatic rings. The first kappa shape index (κ1) is 20.3. The van der Waals surface area contributed by atoms with Crippen molar-refractivity contribution in [2.75, 3.05) is 13.1 Å². The quantitative estimate of drug-likeness (QED) is 0.520. The molecule has 142 valence electrons. The summed E-state index contributed by atoms with van der Waals surface area (Å²) in [5, 5.41) is 11.2. The molecule has 0 spiro atoms. The van der Waals surface area contributed by atoms with E-state index in [0.717, 1.165) is 46.3 Å². The molecule has 1 aliphatic heterocycles. The van der Waals surface area contributed by atoms with Crippen molar-refractivity contribution in [3.63, 3.8) is 0 Å². The zero-order valence-corrected chi connectivity index (χ0v) is 17.4. The van der Waals surface area contributed by atoms with Crippen LogP contribution < -0.4 is 0 Å². The number of piperidine rings is 1. The summed E-state index contributed by atoms with van der Waals surface area (Å²) in [5.74, 6) is -0.894. The number of aryl methyl sites for hydroxylation is 1. The summed E-state index contributed by atoms with van der Waals surface area (Å²) >= 11 is 6.28. The number of carbonyl (C=O) groups is 1. The number of benzene rings is 1. The SMILES string of the molecule is Cc1cccnc1SSC1CCN(Cc2ccccc2Cl)C/C1=C/C(=O)O. The van der Waals surface area contributed by atoms with Gasteiger partial charge in [0.05, 0.1) is 0 Å². The minimum absolute atomic E-state index is 0.162. The predicted molar refractivity (Wildman–Crippen MR) is 113 cm³/mol. The maximum Gasteiger partial charge on any atom is 0.328 e. The highest BCUT2D eigenvalue weighted by atomic mass is 35.5. The van der Waals surface area contributed by atoms with Gasteiger partial charge >= 0.3 is 5.97 Å². The Morgan fingerprint density at radius 1 is 1.37 bits per heavy atom. The first-order valence-electron chi connectivity index (χ1n) is 8.67. The molecule has 0 radical (unpaired) electrons. The van der Waals surface area contributed by atoms with Crippen LogP contribution in [0.25, 0.3) is 0 Å². The Balaban J connectivity index is 1.67. The molecule has 0 amide bonds. The van der Waals surface area contributed by atoms with Crippen LogP contribution in [0.5, 0.6) is 0 Å². The first-order valence-corrected chi connectivity index (χ1v) is 11.3. The number of hydrogen-bond acceptors (Lipinski definition) is 5. The van der Waals surface area contributed by atoms with Gasteiger partial charge in [0.2, 0.25) is 0 Å². The van der Waals surface area contributed by atoms with Crippen LogP contribution >= 0.6 is 33.2 Å². The van der Waals surface area contributed by atoms with Crippen molar-refractivity contribution in [3.05, 3.63) is 70.4 Å². The van der Waals surface area contributed by atoms with E-state index in [1.165, 1.54) is 6.08 Å². The van der Waals surface area contributed by atoms with Crippen LogP contribution in [0.3, 0.4) is 0 Å². The van der Waals surface area contributed by atoms with E-state index in [9.17, 15) is 9.90 Å². The van der Waals surface area contributed by atoms with Gasteiger partial charge in [-0.1, -0.05) is 46.7 Å². The van der Waals surface area contributed by atoms with Crippen molar-refractivity contribution in [2.24, 2.45) is 0 Å². The molecule has 7 heteroatoms. The number of carboxylic acid groups (broad SMARTS) is 1. The topological polar surface area (TPSA) is 53.4 Å². The van der Waals surface area contributed by atoms with Crippen LogP contribution in [0.1, 0.15) is 17.5 Å². The zero-order valence-electron chi connectivity index (χ0n) is 15.0. The van der Waals surface area contributed by atoms with Gasteiger partial charge < -0.3 is 5.11 Å². The Hall–Kier alpha value is -1.47. The fraction of sp³-hybridized carbons (Fsp3) is 0.300. The predicted octanol–water partition coefficient (Wildman–Crippen LogP) is 5.07. The lowest BCUT2D eigenvalue weighted by Crippen LogP contribution is -2.36. The third kappa shape index (κ3) is 5.75. The molecule has 1 fully saturated rings. The number of pyridine rings is 1. The van der Waals surface area contributed by atoms with Gasteiger partial charge in [0.1, 0.15) is 5.03 Å². The van der Waals surface area contributed by atoms with Gasteiger partial charge in [-0.05, 0) is 53.0 Å². The second kappa shape index (κ2) is 9.64. The van der Waals surface area contributed by atoms with Crippen molar-refractivity contribution in [1.82, 2.24) is 9.88 Å². The lowest BCUT2D eigenvalue weighted by atomic mass is 10.0. The van der Waals surface area contributed by atoms with Gasteiger partial charge in [0.25, 0.3) is 0 Å². The van der Waals surface area contributed by atoms with Crippen molar-refractivity contribution >= 4 is 39.2 Å². The summed E-state index contributed by atoms with van der Waals surface area (Å²) < 4.78 is 0. The third-order valence-electron chi connectivity index (χ3n) is 4.39. The van der Waals surface area contributed by atoms with E-state index < -0.39 is 5.97 Å². The van der Waals surface area contributed by atoms with Gasteiger partial charge in [-0.3, -0.25) is 4.90 Å². The second-order valence-electron chi connectivity index (χ2n) is 6.44. The van der Waals surface area contributed by atoms with Gasteiger partial charge in [-0.2, -0.15) is 0 Å². The molecule has 0 saturated carbocycles. The normalized spacial score (nSPS) is 19.3. The smallest absolute Gasteiger partial charge is 0.328 e. The lowest BCUT2D eigenvalue weighted by molar-refractivity contribution is -0.131. The number of carboxylic acids is 1. The lowest BCUT2D eigenvalue weighted by Gasteiger charge is -2.33. The highest BCUT2D eigenvalue weighted by molar-refractivity contribution is 8.77. The van der Waals surface area contributed by atoms with Crippen molar-refractivity contribution in [2.45, 2.75) is 30.2 Å². The van der Waals surface area contributed by atoms with E-state index in [1.807, 2.05) is 43.3 Å². The van der Waals surface area contributed by atoms with E-state index in [1.54, 1.807) is 27.8 Å². The van der Waals surface area contributed by atoms with Crippen LogP contribution in [0.4, 0.5) is 0 Å². The zero-order chi connectivity index (χ0) is 19.2. The Morgan fingerprint density at radius 3 is 2.93 bits per heavy atom.